The lowest BCUT2D eigenvalue weighted by Crippen LogP contribution is -2.15. The van der Waals surface area contributed by atoms with Crippen molar-refractivity contribution >= 4 is 17.1 Å². The maximum Gasteiger partial charge on any atom is 0.429 e. The monoisotopic (exact) mass is 269 g/mol. The maximum absolute atomic E-state index is 13.1. The number of nitro benzene ring substituents is 2. The van der Waals surface area contributed by atoms with Crippen molar-refractivity contribution in [2.24, 2.45) is 0 Å². The SMILES string of the molecule is Nc1cc(F)c([N+](=O)[O-])c(C(F)(F)F)c1[N+](=O)[O-]. The van der Waals surface area contributed by atoms with Crippen molar-refractivity contribution in [2.75, 3.05) is 5.73 Å². The van der Waals surface area contributed by atoms with Gasteiger partial charge in [-0.05, 0) is 0 Å². The molecule has 2 N–H and O–H groups in total. The summed E-state index contributed by atoms with van der Waals surface area (Å²) in [4.78, 5) is 17.6. The zero-order valence-corrected chi connectivity index (χ0v) is 8.19. The average molecular weight is 269 g/mol. The quantitative estimate of drug-likeness (QED) is 0.383. The van der Waals surface area contributed by atoms with Crippen molar-refractivity contribution in [1.29, 1.82) is 0 Å². The van der Waals surface area contributed by atoms with Gasteiger partial charge in [-0.25, -0.2) is 0 Å². The second-order valence-corrected chi connectivity index (χ2v) is 3.03. The van der Waals surface area contributed by atoms with Crippen molar-refractivity contribution in [3.8, 4) is 0 Å². The van der Waals surface area contributed by atoms with Gasteiger partial charge in [0.15, 0.2) is 0 Å². The van der Waals surface area contributed by atoms with Crippen LogP contribution in [0.5, 0.6) is 0 Å². The van der Waals surface area contributed by atoms with E-state index in [9.17, 15) is 37.8 Å². The summed E-state index contributed by atoms with van der Waals surface area (Å²) in [5.74, 6) is -1.89. The summed E-state index contributed by atoms with van der Waals surface area (Å²) in [5, 5.41) is 20.8. The van der Waals surface area contributed by atoms with Gasteiger partial charge in [0.25, 0.3) is 0 Å². The van der Waals surface area contributed by atoms with E-state index in [-0.39, 0.29) is 6.07 Å². The van der Waals surface area contributed by atoms with Crippen LogP contribution in [-0.2, 0) is 6.18 Å². The number of nitro groups is 2. The van der Waals surface area contributed by atoms with E-state index in [1.165, 1.54) is 0 Å². The lowest BCUT2D eigenvalue weighted by Gasteiger charge is -2.09. The van der Waals surface area contributed by atoms with Gasteiger partial charge in [-0.2, -0.15) is 17.6 Å². The molecule has 7 nitrogen and oxygen atoms in total. The van der Waals surface area contributed by atoms with Crippen LogP contribution in [0.25, 0.3) is 0 Å². The molecule has 1 aromatic rings. The number of hydrogen-bond acceptors (Lipinski definition) is 5. The van der Waals surface area contributed by atoms with Crippen LogP contribution in [0.4, 0.5) is 34.6 Å². The molecule has 0 radical (unpaired) electrons. The van der Waals surface area contributed by atoms with E-state index in [4.69, 9.17) is 5.73 Å². The van der Waals surface area contributed by atoms with Gasteiger partial charge in [-0.15, -0.1) is 0 Å². The number of rotatable bonds is 2. The molecule has 1 rings (SSSR count). The second kappa shape index (κ2) is 4.09. The highest BCUT2D eigenvalue weighted by Gasteiger charge is 2.48. The summed E-state index contributed by atoms with van der Waals surface area (Å²) in [7, 11) is 0. The van der Waals surface area contributed by atoms with Gasteiger partial charge in [0.2, 0.25) is 11.4 Å². The molecule has 0 fully saturated rings. The van der Waals surface area contributed by atoms with Crippen LogP contribution < -0.4 is 5.73 Å². The molecule has 0 aliphatic rings. The van der Waals surface area contributed by atoms with E-state index in [1.807, 2.05) is 0 Å². The molecule has 98 valence electrons. The Balaban J connectivity index is 3.89. The fraction of sp³-hybridized carbons (Fsp3) is 0.143. The number of benzene rings is 1. The first-order valence-electron chi connectivity index (χ1n) is 4.05. The van der Waals surface area contributed by atoms with Crippen molar-refractivity contribution in [2.45, 2.75) is 6.18 Å². The minimum atomic E-state index is -5.49. The van der Waals surface area contributed by atoms with Gasteiger partial charge in [0.05, 0.1) is 9.85 Å². The Morgan fingerprint density at radius 2 is 1.56 bits per heavy atom. The zero-order chi connectivity index (χ0) is 14.2. The highest BCUT2D eigenvalue weighted by Crippen LogP contribution is 2.45. The molecule has 0 aromatic heterocycles. The Bertz CT molecular complexity index is 504. The van der Waals surface area contributed by atoms with E-state index in [0.29, 0.717) is 0 Å². The fourth-order valence-corrected chi connectivity index (χ4v) is 1.29. The van der Waals surface area contributed by atoms with Crippen molar-refractivity contribution < 1.29 is 27.4 Å². The average Bonchev–Trinajstić information content (AvgIpc) is 2.13. The smallest absolute Gasteiger partial charge is 0.393 e. The Morgan fingerprint density at radius 3 is 1.89 bits per heavy atom. The van der Waals surface area contributed by atoms with Crippen molar-refractivity contribution in [3.05, 3.63) is 37.7 Å². The van der Waals surface area contributed by atoms with Crippen LogP contribution in [0.15, 0.2) is 6.07 Å². The standard InChI is InChI=1S/C7H3F4N3O4/c8-2-1-3(12)6(14(17)18)4(7(9,10)11)5(2)13(15)16/h1H,12H2. The third kappa shape index (κ3) is 2.14. The lowest BCUT2D eigenvalue weighted by atomic mass is 10.1. The van der Waals surface area contributed by atoms with Gasteiger partial charge in [0, 0.05) is 6.07 Å². The van der Waals surface area contributed by atoms with Crippen LogP contribution in [0, 0.1) is 26.0 Å². The Kier molecular flexibility index (Phi) is 3.09. The molecule has 0 spiro atoms. The minimum Gasteiger partial charge on any atom is -0.393 e. The Hall–Kier alpha value is -2.46. The summed E-state index contributed by atoms with van der Waals surface area (Å²) in [6.07, 6.45) is -5.49. The fourth-order valence-electron chi connectivity index (χ4n) is 1.29. The Labute approximate surface area is 95.1 Å². The van der Waals surface area contributed by atoms with E-state index in [1.54, 1.807) is 0 Å². The summed E-state index contributed by atoms with van der Waals surface area (Å²) in [6.45, 7) is 0. The molecule has 0 atom stereocenters. The van der Waals surface area contributed by atoms with Crippen molar-refractivity contribution in [1.82, 2.24) is 0 Å². The third-order valence-electron chi connectivity index (χ3n) is 1.90. The largest absolute Gasteiger partial charge is 0.429 e. The first-order valence-corrected chi connectivity index (χ1v) is 4.05. The predicted octanol–water partition coefficient (Wildman–Crippen LogP) is 2.24. The molecule has 0 heterocycles. The highest BCUT2D eigenvalue weighted by molar-refractivity contribution is 5.70. The van der Waals surface area contributed by atoms with Crippen molar-refractivity contribution in [3.63, 3.8) is 0 Å². The normalized spacial score (nSPS) is 11.3. The van der Waals surface area contributed by atoms with Gasteiger partial charge >= 0.3 is 17.6 Å². The lowest BCUT2D eigenvalue weighted by molar-refractivity contribution is -0.401. The zero-order valence-electron chi connectivity index (χ0n) is 8.19. The van der Waals surface area contributed by atoms with Crippen LogP contribution in [0.3, 0.4) is 0 Å². The number of nitrogens with zero attached hydrogens (tertiary/aromatic N) is 2. The number of anilines is 1. The van der Waals surface area contributed by atoms with Crippen LogP contribution in [-0.4, -0.2) is 9.85 Å². The highest BCUT2D eigenvalue weighted by atomic mass is 19.4. The van der Waals surface area contributed by atoms with Gasteiger partial charge < -0.3 is 5.73 Å². The number of nitrogen functional groups attached to an aromatic ring is 1. The summed E-state index contributed by atoms with van der Waals surface area (Å²) in [6, 6.07) is 0.103. The molecular weight excluding hydrogens is 266 g/mol. The molecule has 0 unspecified atom stereocenters. The molecule has 0 aliphatic heterocycles. The predicted molar refractivity (Wildman–Crippen MR) is 49.1 cm³/mol. The van der Waals surface area contributed by atoms with Crippen LogP contribution >= 0.6 is 0 Å². The first kappa shape index (κ1) is 13.6. The molecule has 1 aromatic carbocycles. The van der Waals surface area contributed by atoms with Crippen LogP contribution in [0.1, 0.15) is 5.56 Å². The summed E-state index contributed by atoms with van der Waals surface area (Å²) < 4.78 is 50.8. The van der Waals surface area contributed by atoms with E-state index in [2.05, 4.69) is 0 Å². The molecule has 18 heavy (non-hydrogen) atoms. The number of alkyl halides is 3. The number of hydrogen-bond donors (Lipinski definition) is 1. The second-order valence-electron chi connectivity index (χ2n) is 3.03. The maximum atomic E-state index is 13.1. The summed E-state index contributed by atoms with van der Waals surface area (Å²) in [5.41, 5.74) is -2.33. The molecule has 11 heteroatoms. The van der Waals surface area contributed by atoms with Gasteiger partial charge in [-0.1, -0.05) is 0 Å². The first-order chi connectivity index (χ1) is 8.07. The van der Waals surface area contributed by atoms with Crippen LogP contribution in [0.2, 0.25) is 0 Å². The summed E-state index contributed by atoms with van der Waals surface area (Å²) >= 11 is 0. The molecule has 0 bridgehead atoms. The number of halogens is 4. The van der Waals surface area contributed by atoms with E-state index < -0.39 is 44.5 Å². The number of nitrogens with two attached hydrogens (primary N) is 1. The third-order valence-corrected chi connectivity index (χ3v) is 1.90. The topological polar surface area (TPSA) is 112 Å². The van der Waals surface area contributed by atoms with Gasteiger partial charge in [-0.3, -0.25) is 20.2 Å². The molecular formula is C7H3F4N3O4. The molecule has 0 saturated carbocycles. The Morgan fingerprint density at radius 1 is 1.11 bits per heavy atom. The molecule has 0 saturated heterocycles. The van der Waals surface area contributed by atoms with E-state index >= 15 is 0 Å². The minimum absolute atomic E-state index is 0.103. The van der Waals surface area contributed by atoms with Gasteiger partial charge in [0.1, 0.15) is 5.69 Å². The molecule has 0 aliphatic carbocycles. The molecule has 0 amide bonds. The van der Waals surface area contributed by atoms with E-state index in [0.717, 1.165) is 0 Å².